The maximum Gasteiger partial charge on any atom is 0.168 e. The quantitative estimate of drug-likeness (QED) is 0.672. The molecule has 2 nitrogen and oxygen atoms in total. The Morgan fingerprint density at radius 2 is 2.25 bits per heavy atom. The van der Waals surface area contributed by atoms with Crippen molar-refractivity contribution in [3.05, 3.63) is 0 Å². The molecule has 0 radical (unpaired) electrons. The number of hydrogen-bond donors (Lipinski definition) is 1. The van der Waals surface area contributed by atoms with Gasteiger partial charge in [0.25, 0.3) is 0 Å². The number of thiocarbonyl (C=S) groups is 1. The van der Waals surface area contributed by atoms with Crippen molar-refractivity contribution in [2.24, 2.45) is 11.8 Å². The monoisotopic (exact) mass is 186 g/mol. The van der Waals surface area contributed by atoms with Gasteiger partial charge in [0.05, 0.1) is 0 Å². The van der Waals surface area contributed by atoms with Gasteiger partial charge in [0.15, 0.2) is 5.11 Å². The van der Waals surface area contributed by atoms with Crippen molar-refractivity contribution in [2.45, 2.75) is 20.3 Å². The van der Waals surface area contributed by atoms with Crippen molar-refractivity contribution in [1.82, 2.24) is 10.2 Å². The van der Waals surface area contributed by atoms with Gasteiger partial charge in [-0.15, -0.1) is 0 Å². The molecule has 1 aliphatic carbocycles. The molecule has 2 unspecified atom stereocenters. The van der Waals surface area contributed by atoms with E-state index in [9.17, 15) is 0 Å². The number of nitrogens with zero attached hydrogens (tertiary/aromatic N) is 1. The molecule has 12 heavy (non-hydrogen) atoms. The summed E-state index contributed by atoms with van der Waals surface area (Å²) >= 11 is 5.18. The average Bonchev–Trinajstić information content (AvgIpc) is 2.67. The van der Waals surface area contributed by atoms with Crippen molar-refractivity contribution >= 4 is 17.3 Å². The smallest absolute Gasteiger partial charge is 0.168 e. The lowest BCUT2D eigenvalue weighted by atomic mass is 10.3. The zero-order valence-electron chi connectivity index (χ0n) is 8.13. The van der Waals surface area contributed by atoms with Crippen LogP contribution in [0.15, 0.2) is 0 Å². The van der Waals surface area contributed by atoms with E-state index in [4.69, 9.17) is 12.2 Å². The zero-order chi connectivity index (χ0) is 9.14. The topological polar surface area (TPSA) is 15.3 Å². The molecular weight excluding hydrogens is 168 g/mol. The maximum atomic E-state index is 5.18. The predicted molar refractivity (Wildman–Crippen MR) is 56.2 cm³/mol. The molecule has 1 aliphatic rings. The van der Waals surface area contributed by atoms with Crippen LogP contribution in [0.4, 0.5) is 0 Å². The van der Waals surface area contributed by atoms with Crippen molar-refractivity contribution in [2.75, 3.05) is 20.1 Å². The first-order chi connectivity index (χ1) is 5.65. The van der Waals surface area contributed by atoms with Crippen LogP contribution in [-0.2, 0) is 0 Å². The Bertz CT molecular complexity index is 170. The predicted octanol–water partition coefficient (Wildman–Crippen LogP) is 1.47. The summed E-state index contributed by atoms with van der Waals surface area (Å²) in [4.78, 5) is 2.15. The van der Waals surface area contributed by atoms with E-state index in [-0.39, 0.29) is 0 Å². The SMILES string of the molecule is CCNC(=S)N(C)CC1CC1C. The molecule has 2 atom stereocenters. The molecule has 0 bridgehead atoms. The van der Waals surface area contributed by atoms with Gasteiger partial charge in [-0.2, -0.15) is 0 Å². The highest BCUT2D eigenvalue weighted by molar-refractivity contribution is 7.80. The van der Waals surface area contributed by atoms with Gasteiger partial charge in [0.1, 0.15) is 0 Å². The first-order valence-electron chi connectivity index (χ1n) is 4.64. The first-order valence-corrected chi connectivity index (χ1v) is 5.05. The fourth-order valence-corrected chi connectivity index (χ4v) is 1.59. The summed E-state index contributed by atoms with van der Waals surface area (Å²) in [6, 6.07) is 0. The Kier molecular flexibility index (Phi) is 3.32. The third kappa shape index (κ3) is 2.63. The minimum Gasteiger partial charge on any atom is -0.363 e. The summed E-state index contributed by atoms with van der Waals surface area (Å²) in [5.41, 5.74) is 0. The molecule has 3 heteroatoms. The lowest BCUT2D eigenvalue weighted by Gasteiger charge is -2.20. The first kappa shape index (κ1) is 9.78. The van der Waals surface area contributed by atoms with Crippen molar-refractivity contribution in [3.8, 4) is 0 Å². The minimum atomic E-state index is 0.881. The van der Waals surface area contributed by atoms with E-state index in [1.165, 1.54) is 6.42 Å². The number of nitrogens with one attached hydrogen (secondary N) is 1. The second-order valence-corrected chi connectivity index (χ2v) is 4.08. The molecule has 0 amide bonds. The Labute approximate surface area is 80.3 Å². The second kappa shape index (κ2) is 4.08. The van der Waals surface area contributed by atoms with Gasteiger partial charge in [-0.3, -0.25) is 0 Å². The molecule has 0 saturated heterocycles. The Balaban J connectivity index is 2.18. The molecular formula is C9H18N2S. The maximum absolute atomic E-state index is 5.18. The lowest BCUT2D eigenvalue weighted by Crippen LogP contribution is -2.38. The summed E-state index contributed by atoms with van der Waals surface area (Å²) in [5.74, 6) is 1.79. The van der Waals surface area contributed by atoms with Crippen LogP contribution < -0.4 is 5.32 Å². The largest absolute Gasteiger partial charge is 0.363 e. The van der Waals surface area contributed by atoms with E-state index in [0.29, 0.717) is 0 Å². The van der Waals surface area contributed by atoms with Crippen LogP contribution in [0.3, 0.4) is 0 Å². The molecule has 0 heterocycles. The van der Waals surface area contributed by atoms with Gasteiger partial charge < -0.3 is 10.2 Å². The van der Waals surface area contributed by atoms with Gasteiger partial charge in [-0.25, -0.2) is 0 Å². The van der Waals surface area contributed by atoms with E-state index in [0.717, 1.165) is 30.0 Å². The zero-order valence-corrected chi connectivity index (χ0v) is 8.95. The van der Waals surface area contributed by atoms with Crippen LogP contribution in [0.1, 0.15) is 20.3 Å². The van der Waals surface area contributed by atoms with Crippen molar-refractivity contribution in [1.29, 1.82) is 0 Å². The summed E-state index contributed by atoms with van der Waals surface area (Å²) in [6.07, 6.45) is 1.37. The molecule has 0 aromatic rings. The summed E-state index contributed by atoms with van der Waals surface area (Å²) in [5, 5.41) is 4.04. The average molecular weight is 186 g/mol. The molecule has 0 spiro atoms. The third-order valence-corrected chi connectivity index (χ3v) is 2.92. The van der Waals surface area contributed by atoms with Crippen LogP contribution in [0.5, 0.6) is 0 Å². The summed E-state index contributed by atoms with van der Waals surface area (Å²) < 4.78 is 0. The van der Waals surface area contributed by atoms with Crippen LogP contribution in [0.25, 0.3) is 0 Å². The van der Waals surface area contributed by atoms with E-state index in [1.807, 2.05) is 0 Å². The van der Waals surface area contributed by atoms with E-state index in [2.05, 4.69) is 31.1 Å². The molecule has 0 aromatic heterocycles. The van der Waals surface area contributed by atoms with Crippen LogP contribution in [-0.4, -0.2) is 30.1 Å². The number of rotatable bonds is 3. The highest BCUT2D eigenvalue weighted by Gasteiger charge is 2.33. The van der Waals surface area contributed by atoms with Crippen LogP contribution in [0, 0.1) is 11.8 Å². The number of hydrogen-bond acceptors (Lipinski definition) is 1. The van der Waals surface area contributed by atoms with Gasteiger partial charge in [-0.1, -0.05) is 6.92 Å². The van der Waals surface area contributed by atoms with Gasteiger partial charge in [0.2, 0.25) is 0 Å². The Hall–Kier alpha value is -0.310. The fraction of sp³-hybridized carbons (Fsp3) is 0.889. The molecule has 0 aliphatic heterocycles. The van der Waals surface area contributed by atoms with Gasteiger partial charge >= 0.3 is 0 Å². The lowest BCUT2D eigenvalue weighted by molar-refractivity contribution is 0.455. The molecule has 70 valence electrons. The summed E-state index contributed by atoms with van der Waals surface area (Å²) in [7, 11) is 2.07. The molecule has 0 aromatic carbocycles. The Morgan fingerprint density at radius 1 is 1.67 bits per heavy atom. The highest BCUT2D eigenvalue weighted by atomic mass is 32.1. The fourth-order valence-electron chi connectivity index (χ4n) is 1.37. The van der Waals surface area contributed by atoms with E-state index >= 15 is 0 Å². The second-order valence-electron chi connectivity index (χ2n) is 3.69. The molecule has 1 rings (SSSR count). The van der Waals surface area contributed by atoms with Gasteiger partial charge in [0, 0.05) is 20.1 Å². The van der Waals surface area contributed by atoms with E-state index in [1.54, 1.807) is 0 Å². The molecule has 1 fully saturated rings. The van der Waals surface area contributed by atoms with Crippen molar-refractivity contribution in [3.63, 3.8) is 0 Å². The van der Waals surface area contributed by atoms with Gasteiger partial charge in [-0.05, 0) is 37.4 Å². The summed E-state index contributed by atoms with van der Waals surface area (Å²) in [6.45, 7) is 6.41. The minimum absolute atomic E-state index is 0.881. The normalized spacial score (nSPS) is 26.6. The Morgan fingerprint density at radius 3 is 2.67 bits per heavy atom. The standard InChI is InChI=1S/C9H18N2S/c1-4-10-9(12)11(3)6-8-5-7(8)2/h7-8H,4-6H2,1-3H3,(H,10,12). The van der Waals surface area contributed by atoms with Crippen LogP contribution >= 0.6 is 12.2 Å². The third-order valence-electron chi connectivity index (χ3n) is 2.46. The van der Waals surface area contributed by atoms with E-state index < -0.39 is 0 Å². The van der Waals surface area contributed by atoms with Crippen LogP contribution in [0.2, 0.25) is 0 Å². The molecule has 1 saturated carbocycles. The molecule has 1 N–H and O–H groups in total. The van der Waals surface area contributed by atoms with Crippen molar-refractivity contribution < 1.29 is 0 Å². The highest BCUT2D eigenvalue weighted by Crippen LogP contribution is 2.37.